The average Bonchev–Trinajstić information content (AvgIpc) is 3.17. The molecule has 1 aliphatic rings. The topological polar surface area (TPSA) is 73.3 Å². The Hall–Kier alpha value is -2.03. The molecule has 0 atom stereocenters. The Balaban J connectivity index is 1.51. The van der Waals surface area contributed by atoms with E-state index in [2.05, 4.69) is 29.1 Å². The lowest BCUT2D eigenvalue weighted by molar-refractivity contribution is -0.113. The second kappa shape index (κ2) is 7.18. The number of thioether (sulfide) groups is 1. The average molecular weight is 422 g/mol. The van der Waals surface area contributed by atoms with Gasteiger partial charge in [-0.2, -0.15) is 0 Å². The number of anilines is 1. The van der Waals surface area contributed by atoms with Gasteiger partial charge in [0, 0.05) is 22.4 Å². The fourth-order valence-electron chi connectivity index (χ4n) is 2.75. The molecule has 0 radical (unpaired) electrons. The number of carbonyl (C=O) groups excluding carboxylic acids is 1. The zero-order valence-corrected chi connectivity index (χ0v) is 17.3. The van der Waals surface area contributed by atoms with Crippen LogP contribution in [-0.2, 0) is 4.79 Å². The molecular formula is C18H16ClN3O3S2. The third-order valence-electron chi connectivity index (χ3n) is 4.18. The molecule has 0 saturated carbocycles. The molecule has 0 bridgehead atoms. The third kappa shape index (κ3) is 3.56. The first-order valence-corrected chi connectivity index (χ1v) is 10.4. The smallest absolute Gasteiger partial charge is 0.234 e. The molecule has 4 rings (SSSR count). The lowest BCUT2D eigenvalue weighted by Gasteiger charge is -2.09. The van der Waals surface area contributed by atoms with E-state index in [4.69, 9.17) is 21.1 Å². The number of nitrogens with one attached hydrogen (secondary N) is 1. The summed E-state index contributed by atoms with van der Waals surface area (Å²) in [5.41, 5.74) is 1.66. The molecule has 1 N–H and O–H groups in total. The van der Waals surface area contributed by atoms with Gasteiger partial charge in [-0.1, -0.05) is 23.4 Å². The van der Waals surface area contributed by atoms with E-state index in [1.165, 1.54) is 16.6 Å². The van der Waals surface area contributed by atoms with Gasteiger partial charge >= 0.3 is 0 Å². The molecule has 0 saturated heterocycles. The summed E-state index contributed by atoms with van der Waals surface area (Å²) in [6.07, 6.45) is 0. The highest BCUT2D eigenvalue weighted by atomic mass is 35.5. The summed E-state index contributed by atoms with van der Waals surface area (Å²) in [7, 11) is 0. The highest BCUT2D eigenvalue weighted by Gasteiger charge is 2.19. The monoisotopic (exact) mass is 421 g/mol. The van der Waals surface area contributed by atoms with E-state index in [0.29, 0.717) is 28.0 Å². The minimum absolute atomic E-state index is 0.154. The summed E-state index contributed by atoms with van der Waals surface area (Å²) in [5, 5.41) is 5.08. The van der Waals surface area contributed by atoms with Crippen molar-refractivity contribution in [3.05, 3.63) is 33.4 Å². The molecule has 3 heterocycles. The molecule has 2 aromatic heterocycles. The summed E-state index contributed by atoms with van der Waals surface area (Å²) in [6.45, 7) is 6.14. The van der Waals surface area contributed by atoms with Crippen LogP contribution in [0.4, 0.5) is 5.69 Å². The van der Waals surface area contributed by atoms with Crippen LogP contribution in [0.5, 0.6) is 11.5 Å². The van der Waals surface area contributed by atoms with Crippen LogP contribution in [0.15, 0.2) is 17.2 Å². The number of hydrogen-bond donors (Lipinski definition) is 1. The van der Waals surface area contributed by atoms with Crippen LogP contribution in [0.25, 0.3) is 10.2 Å². The SMILES string of the molecule is Cc1nc(SCC(=O)Nc2cc3c(cc2Cl)OCO3)c2c(C)c(C)sc2n1. The third-order valence-corrected chi connectivity index (χ3v) is 6.57. The van der Waals surface area contributed by atoms with Gasteiger partial charge in [-0.05, 0) is 26.3 Å². The highest BCUT2D eigenvalue weighted by Crippen LogP contribution is 2.39. The van der Waals surface area contributed by atoms with Crippen molar-refractivity contribution in [1.82, 2.24) is 9.97 Å². The Morgan fingerprint density at radius 3 is 2.78 bits per heavy atom. The van der Waals surface area contributed by atoms with E-state index in [9.17, 15) is 4.79 Å². The lowest BCUT2D eigenvalue weighted by atomic mass is 10.2. The minimum Gasteiger partial charge on any atom is -0.454 e. The van der Waals surface area contributed by atoms with Crippen molar-refractivity contribution in [2.45, 2.75) is 25.8 Å². The molecule has 0 fully saturated rings. The van der Waals surface area contributed by atoms with Crippen LogP contribution >= 0.6 is 34.7 Å². The number of thiophene rings is 1. The zero-order valence-electron chi connectivity index (χ0n) is 14.9. The lowest BCUT2D eigenvalue weighted by Crippen LogP contribution is -2.14. The fourth-order valence-corrected chi connectivity index (χ4v) is 5.02. The van der Waals surface area contributed by atoms with Gasteiger partial charge < -0.3 is 14.8 Å². The van der Waals surface area contributed by atoms with E-state index in [1.807, 2.05) is 6.92 Å². The Kier molecular flexibility index (Phi) is 4.88. The standard InChI is InChI=1S/C18H16ClN3O3S2/c1-8-9(2)27-18-16(8)17(20-10(3)21-18)26-6-15(23)22-12-5-14-13(4-11(12)19)24-7-25-14/h4-5H,6-7H2,1-3H3,(H,22,23). The molecule has 1 amide bonds. The first-order valence-electron chi connectivity index (χ1n) is 8.18. The maximum Gasteiger partial charge on any atom is 0.234 e. The minimum atomic E-state index is -0.171. The maximum atomic E-state index is 12.4. The van der Waals surface area contributed by atoms with Crippen molar-refractivity contribution in [3.8, 4) is 11.5 Å². The summed E-state index contributed by atoms with van der Waals surface area (Å²) in [4.78, 5) is 23.7. The van der Waals surface area contributed by atoms with Crippen molar-refractivity contribution in [1.29, 1.82) is 0 Å². The molecule has 0 aliphatic carbocycles. The molecule has 140 valence electrons. The normalized spacial score (nSPS) is 12.6. The Morgan fingerprint density at radius 2 is 2.00 bits per heavy atom. The number of benzene rings is 1. The van der Waals surface area contributed by atoms with E-state index >= 15 is 0 Å². The predicted octanol–water partition coefficient (Wildman–Crippen LogP) is 4.73. The van der Waals surface area contributed by atoms with Gasteiger partial charge in [0.25, 0.3) is 0 Å². The summed E-state index contributed by atoms with van der Waals surface area (Å²) >= 11 is 9.26. The molecule has 1 aromatic carbocycles. The zero-order chi connectivity index (χ0) is 19.1. The number of aromatic nitrogens is 2. The Labute approximate surface area is 169 Å². The number of hydrogen-bond acceptors (Lipinski definition) is 7. The summed E-state index contributed by atoms with van der Waals surface area (Å²) in [5.74, 6) is 1.89. The van der Waals surface area contributed by atoms with E-state index in [1.54, 1.807) is 23.5 Å². The molecule has 1 aliphatic heterocycles. The van der Waals surface area contributed by atoms with Crippen molar-refractivity contribution >= 4 is 56.5 Å². The van der Waals surface area contributed by atoms with Crippen LogP contribution in [0.3, 0.4) is 0 Å². The summed E-state index contributed by atoms with van der Waals surface area (Å²) in [6, 6.07) is 3.31. The predicted molar refractivity (Wildman–Crippen MR) is 109 cm³/mol. The van der Waals surface area contributed by atoms with Gasteiger partial charge in [-0.3, -0.25) is 4.79 Å². The number of rotatable bonds is 4. The number of carbonyl (C=O) groups is 1. The largest absolute Gasteiger partial charge is 0.454 e. The second-order valence-electron chi connectivity index (χ2n) is 6.06. The number of aryl methyl sites for hydroxylation is 3. The molecule has 3 aromatic rings. The van der Waals surface area contributed by atoms with Gasteiger partial charge in [0.2, 0.25) is 12.7 Å². The molecule has 6 nitrogen and oxygen atoms in total. The Morgan fingerprint density at radius 1 is 1.26 bits per heavy atom. The molecular weight excluding hydrogens is 406 g/mol. The number of amides is 1. The van der Waals surface area contributed by atoms with Gasteiger partial charge in [0.15, 0.2) is 11.5 Å². The van der Waals surface area contributed by atoms with Gasteiger partial charge in [-0.25, -0.2) is 9.97 Å². The van der Waals surface area contributed by atoms with Crippen LogP contribution < -0.4 is 14.8 Å². The number of ether oxygens (including phenoxy) is 2. The molecule has 0 unspecified atom stereocenters. The number of nitrogens with zero attached hydrogens (tertiary/aromatic N) is 2. The van der Waals surface area contributed by atoms with Crippen molar-refractivity contribution in [2.75, 3.05) is 17.9 Å². The number of halogens is 1. The van der Waals surface area contributed by atoms with Crippen LogP contribution in [0, 0.1) is 20.8 Å². The Bertz CT molecular complexity index is 1070. The first-order chi connectivity index (χ1) is 12.9. The van der Waals surface area contributed by atoms with Gasteiger partial charge in [-0.15, -0.1) is 11.3 Å². The van der Waals surface area contributed by atoms with E-state index in [0.717, 1.165) is 20.8 Å². The first kappa shape index (κ1) is 18.3. The van der Waals surface area contributed by atoms with Crippen molar-refractivity contribution in [3.63, 3.8) is 0 Å². The van der Waals surface area contributed by atoms with Crippen molar-refractivity contribution in [2.24, 2.45) is 0 Å². The van der Waals surface area contributed by atoms with E-state index < -0.39 is 0 Å². The van der Waals surface area contributed by atoms with Gasteiger partial charge in [0.1, 0.15) is 15.7 Å². The molecule has 27 heavy (non-hydrogen) atoms. The van der Waals surface area contributed by atoms with E-state index in [-0.39, 0.29) is 18.5 Å². The van der Waals surface area contributed by atoms with Crippen LogP contribution in [0.1, 0.15) is 16.3 Å². The fraction of sp³-hybridized carbons (Fsp3) is 0.278. The van der Waals surface area contributed by atoms with Crippen LogP contribution in [-0.4, -0.2) is 28.4 Å². The van der Waals surface area contributed by atoms with Crippen molar-refractivity contribution < 1.29 is 14.3 Å². The van der Waals surface area contributed by atoms with Crippen LogP contribution in [0.2, 0.25) is 5.02 Å². The molecule has 0 spiro atoms. The highest BCUT2D eigenvalue weighted by molar-refractivity contribution is 8.00. The number of fused-ring (bicyclic) bond motifs is 2. The second-order valence-corrected chi connectivity index (χ2v) is 8.64. The quantitative estimate of drug-likeness (QED) is 0.485. The summed E-state index contributed by atoms with van der Waals surface area (Å²) < 4.78 is 10.6. The van der Waals surface area contributed by atoms with Gasteiger partial charge in [0.05, 0.1) is 16.5 Å². The maximum absolute atomic E-state index is 12.4. The molecule has 9 heteroatoms.